The van der Waals surface area contributed by atoms with E-state index in [1.165, 1.54) is 11.1 Å². The van der Waals surface area contributed by atoms with E-state index in [1.54, 1.807) is 42.9 Å². The number of carbonyl (C=O) groups is 2. The van der Waals surface area contributed by atoms with Crippen molar-refractivity contribution in [2.45, 2.75) is 31.6 Å². The predicted molar refractivity (Wildman–Crippen MR) is 116 cm³/mol. The van der Waals surface area contributed by atoms with Crippen molar-refractivity contribution in [2.24, 2.45) is 0 Å². The van der Waals surface area contributed by atoms with Crippen molar-refractivity contribution < 1.29 is 9.59 Å². The molecule has 0 saturated heterocycles. The van der Waals surface area contributed by atoms with E-state index in [-0.39, 0.29) is 17.6 Å². The van der Waals surface area contributed by atoms with Crippen molar-refractivity contribution in [2.75, 3.05) is 19.4 Å². The van der Waals surface area contributed by atoms with Crippen LogP contribution in [0.25, 0.3) is 5.65 Å². The highest BCUT2D eigenvalue weighted by molar-refractivity contribution is 8.13. The van der Waals surface area contributed by atoms with Gasteiger partial charge < -0.3 is 10.2 Å². The van der Waals surface area contributed by atoms with Crippen LogP contribution < -0.4 is 5.32 Å². The number of hydrogen-bond donors (Lipinski definition) is 1. The van der Waals surface area contributed by atoms with Crippen LogP contribution >= 0.6 is 11.8 Å². The molecule has 8 nitrogen and oxygen atoms in total. The van der Waals surface area contributed by atoms with Crippen molar-refractivity contribution in [3.8, 4) is 6.07 Å². The number of amides is 2. The molecule has 30 heavy (non-hydrogen) atoms. The molecule has 2 aromatic heterocycles. The third-order valence-corrected chi connectivity index (χ3v) is 5.69. The molecular formula is C21H22N6O2S. The standard InChI is InChI=1S/C21H22N6O2S/c1-13-18(14(2)27-20(24-13)15(11-22)12-23-27)9-10-19(28)25-16-5-7-17(8-6-16)30-21(29)26(3)4/h5-8,12H,9-10H2,1-4H3,(H,25,28). The lowest BCUT2D eigenvalue weighted by Crippen LogP contribution is -2.16. The van der Waals surface area contributed by atoms with Crippen LogP contribution in [0.4, 0.5) is 10.5 Å². The maximum atomic E-state index is 12.4. The summed E-state index contributed by atoms with van der Waals surface area (Å²) < 4.78 is 1.64. The van der Waals surface area contributed by atoms with Gasteiger partial charge in [-0.1, -0.05) is 0 Å². The van der Waals surface area contributed by atoms with Gasteiger partial charge in [-0.05, 0) is 61.9 Å². The fraction of sp³-hybridized carbons (Fsp3) is 0.286. The Balaban J connectivity index is 1.64. The highest BCUT2D eigenvalue weighted by Crippen LogP contribution is 2.23. The predicted octanol–water partition coefficient (Wildman–Crippen LogP) is 3.56. The van der Waals surface area contributed by atoms with Gasteiger partial charge in [0, 0.05) is 42.5 Å². The van der Waals surface area contributed by atoms with Gasteiger partial charge in [0.1, 0.15) is 11.6 Å². The number of hydrogen-bond acceptors (Lipinski definition) is 6. The first-order valence-electron chi connectivity index (χ1n) is 9.33. The molecule has 0 unspecified atom stereocenters. The highest BCUT2D eigenvalue weighted by atomic mass is 32.2. The van der Waals surface area contributed by atoms with Crippen molar-refractivity contribution in [3.05, 3.63) is 53.0 Å². The van der Waals surface area contributed by atoms with Crippen LogP contribution in [0.15, 0.2) is 35.4 Å². The number of aryl methyl sites for hydroxylation is 2. The Morgan fingerprint density at radius 3 is 2.57 bits per heavy atom. The SMILES string of the molecule is Cc1nc2c(C#N)cnn2c(C)c1CCC(=O)Nc1ccc(SC(=O)N(C)C)cc1. The minimum Gasteiger partial charge on any atom is -0.339 e. The summed E-state index contributed by atoms with van der Waals surface area (Å²) in [6.07, 6.45) is 2.30. The van der Waals surface area contributed by atoms with E-state index in [0.717, 1.165) is 33.6 Å². The lowest BCUT2D eigenvalue weighted by Gasteiger charge is -2.12. The number of benzene rings is 1. The molecule has 0 saturated carbocycles. The Kier molecular flexibility index (Phi) is 6.37. The maximum Gasteiger partial charge on any atom is 0.285 e. The Morgan fingerprint density at radius 1 is 1.23 bits per heavy atom. The first kappa shape index (κ1) is 21.3. The van der Waals surface area contributed by atoms with Gasteiger partial charge in [0.05, 0.1) is 6.20 Å². The van der Waals surface area contributed by atoms with Crippen LogP contribution in [0.5, 0.6) is 0 Å². The molecule has 0 aliphatic heterocycles. The number of fused-ring (bicyclic) bond motifs is 1. The molecule has 0 atom stereocenters. The van der Waals surface area contributed by atoms with Crippen molar-refractivity contribution in [1.82, 2.24) is 19.5 Å². The number of carbonyl (C=O) groups excluding carboxylic acids is 2. The zero-order valence-corrected chi connectivity index (χ0v) is 18.1. The Bertz CT molecular complexity index is 1140. The highest BCUT2D eigenvalue weighted by Gasteiger charge is 2.15. The van der Waals surface area contributed by atoms with Gasteiger partial charge in [0.2, 0.25) is 5.91 Å². The summed E-state index contributed by atoms with van der Waals surface area (Å²) in [7, 11) is 3.41. The normalized spacial score (nSPS) is 10.6. The van der Waals surface area contributed by atoms with Crippen LogP contribution in [0.3, 0.4) is 0 Å². The first-order chi connectivity index (χ1) is 14.3. The lowest BCUT2D eigenvalue weighted by atomic mass is 10.1. The Hall–Kier alpha value is -3.38. The molecule has 0 fully saturated rings. The van der Waals surface area contributed by atoms with E-state index in [0.29, 0.717) is 23.3 Å². The summed E-state index contributed by atoms with van der Waals surface area (Å²) in [5.74, 6) is -0.114. The minimum atomic E-state index is -0.114. The van der Waals surface area contributed by atoms with Crippen LogP contribution in [-0.4, -0.2) is 44.7 Å². The molecule has 3 aromatic rings. The summed E-state index contributed by atoms with van der Waals surface area (Å²) in [5, 5.41) is 16.2. The molecule has 1 aromatic carbocycles. The number of nitrogens with zero attached hydrogens (tertiary/aromatic N) is 5. The van der Waals surface area contributed by atoms with Crippen LogP contribution in [0, 0.1) is 25.2 Å². The maximum absolute atomic E-state index is 12.4. The average Bonchev–Trinajstić information content (AvgIpc) is 3.12. The summed E-state index contributed by atoms with van der Waals surface area (Å²) in [6, 6.07) is 9.25. The molecule has 0 bridgehead atoms. The van der Waals surface area contributed by atoms with E-state index in [9.17, 15) is 9.59 Å². The number of rotatable bonds is 5. The fourth-order valence-corrected chi connectivity index (χ4v) is 3.67. The number of aromatic nitrogens is 3. The van der Waals surface area contributed by atoms with Crippen molar-refractivity contribution in [3.63, 3.8) is 0 Å². The largest absolute Gasteiger partial charge is 0.339 e. The second kappa shape index (κ2) is 8.97. The summed E-state index contributed by atoms with van der Waals surface area (Å²) >= 11 is 1.13. The molecule has 2 heterocycles. The molecule has 3 rings (SSSR count). The Labute approximate surface area is 178 Å². The monoisotopic (exact) mass is 422 g/mol. The van der Waals surface area contributed by atoms with Gasteiger partial charge in [-0.3, -0.25) is 9.59 Å². The molecule has 0 radical (unpaired) electrons. The van der Waals surface area contributed by atoms with Gasteiger partial charge in [-0.25, -0.2) is 9.50 Å². The van der Waals surface area contributed by atoms with E-state index < -0.39 is 0 Å². The molecule has 1 N–H and O–H groups in total. The van der Waals surface area contributed by atoms with Crippen LogP contribution in [-0.2, 0) is 11.2 Å². The molecule has 0 aliphatic rings. The molecule has 154 valence electrons. The number of thioether (sulfide) groups is 1. The first-order valence-corrected chi connectivity index (χ1v) is 10.1. The van der Waals surface area contributed by atoms with Gasteiger partial charge in [0.25, 0.3) is 5.24 Å². The van der Waals surface area contributed by atoms with Gasteiger partial charge in [0.15, 0.2) is 5.65 Å². The van der Waals surface area contributed by atoms with E-state index >= 15 is 0 Å². The van der Waals surface area contributed by atoms with Gasteiger partial charge in [-0.15, -0.1) is 0 Å². The quantitative estimate of drug-likeness (QED) is 0.631. The van der Waals surface area contributed by atoms with Crippen LogP contribution in [0.2, 0.25) is 0 Å². The molecule has 9 heteroatoms. The van der Waals surface area contributed by atoms with Crippen LogP contribution in [0.1, 0.15) is 28.9 Å². The minimum absolute atomic E-state index is 0.0535. The average molecular weight is 423 g/mol. The van der Waals surface area contributed by atoms with Gasteiger partial charge in [-0.2, -0.15) is 10.4 Å². The number of anilines is 1. The second-order valence-electron chi connectivity index (χ2n) is 7.00. The zero-order chi connectivity index (χ0) is 21.8. The zero-order valence-electron chi connectivity index (χ0n) is 17.3. The summed E-state index contributed by atoms with van der Waals surface area (Å²) in [4.78, 5) is 31.0. The van der Waals surface area contributed by atoms with E-state index in [4.69, 9.17) is 5.26 Å². The second-order valence-corrected chi connectivity index (χ2v) is 8.03. The lowest BCUT2D eigenvalue weighted by molar-refractivity contribution is -0.116. The Morgan fingerprint density at radius 2 is 1.93 bits per heavy atom. The fourth-order valence-electron chi connectivity index (χ4n) is 3.01. The summed E-state index contributed by atoms with van der Waals surface area (Å²) in [5.41, 5.74) is 4.25. The van der Waals surface area contributed by atoms with Gasteiger partial charge >= 0.3 is 0 Å². The van der Waals surface area contributed by atoms with Crippen molar-refractivity contribution in [1.29, 1.82) is 5.26 Å². The topological polar surface area (TPSA) is 103 Å². The third kappa shape index (κ3) is 4.60. The molecule has 2 amide bonds. The van der Waals surface area contributed by atoms with Crippen molar-refractivity contribution >= 4 is 34.2 Å². The van der Waals surface area contributed by atoms with E-state index in [2.05, 4.69) is 21.5 Å². The van der Waals surface area contributed by atoms with E-state index in [1.807, 2.05) is 13.8 Å². The number of nitriles is 1. The molecular weight excluding hydrogens is 400 g/mol. The smallest absolute Gasteiger partial charge is 0.285 e. The number of nitrogens with one attached hydrogen (secondary N) is 1. The summed E-state index contributed by atoms with van der Waals surface area (Å²) in [6.45, 7) is 3.79. The molecule has 0 aliphatic carbocycles. The molecule has 0 spiro atoms. The third-order valence-electron chi connectivity index (χ3n) is 4.64.